The summed E-state index contributed by atoms with van der Waals surface area (Å²) in [5.74, 6) is 1.12. The zero-order valence-corrected chi connectivity index (χ0v) is 6.77. The highest BCUT2D eigenvalue weighted by Crippen LogP contribution is 1.98. The summed E-state index contributed by atoms with van der Waals surface area (Å²) in [6, 6.07) is 0. The summed E-state index contributed by atoms with van der Waals surface area (Å²) >= 11 is 1.83. The van der Waals surface area contributed by atoms with E-state index in [1.165, 1.54) is 0 Å². The van der Waals surface area contributed by atoms with Gasteiger partial charge in [-0.25, -0.2) is 0 Å². The van der Waals surface area contributed by atoms with E-state index in [-0.39, 0.29) is 0 Å². The Hall–Kier alpha value is -0.570. The second kappa shape index (κ2) is 4.28. The standard InChI is InChI=1S/C7H10N2S/c1-10-5-2-7-6-8-3-4-9-7/h3-4,6H,2,5H2,1H3. The van der Waals surface area contributed by atoms with Crippen molar-refractivity contribution in [1.82, 2.24) is 9.97 Å². The lowest BCUT2D eigenvalue weighted by atomic mass is 10.4. The van der Waals surface area contributed by atoms with Gasteiger partial charge in [0, 0.05) is 25.0 Å². The first-order valence-corrected chi connectivity index (χ1v) is 4.56. The first kappa shape index (κ1) is 7.54. The van der Waals surface area contributed by atoms with Gasteiger partial charge in [-0.1, -0.05) is 0 Å². The van der Waals surface area contributed by atoms with Crippen LogP contribution in [0.5, 0.6) is 0 Å². The molecule has 1 aromatic rings. The fourth-order valence-corrected chi connectivity index (χ4v) is 1.08. The molecule has 0 atom stereocenters. The molecule has 0 fully saturated rings. The summed E-state index contributed by atoms with van der Waals surface area (Å²) in [6.45, 7) is 0. The monoisotopic (exact) mass is 154 g/mol. The molecule has 0 bridgehead atoms. The molecule has 1 rings (SSSR count). The minimum atomic E-state index is 1.02. The van der Waals surface area contributed by atoms with Crippen LogP contribution in [0.3, 0.4) is 0 Å². The van der Waals surface area contributed by atoms with Gasteiger partial charge in [0.2, 0.25) is 0 Å². The summed E-state index contributed by atoms with van der Waals surface area (Å²) in [7, 11) is 0. The SMILES string of the molecule is CSCCc1cnccn1. The molecule has 0 saturated heterocycles. The van der Waals surface area contributed by atoms with Gasteiger partial charge in [0.15, 0.2) is 0 Å². The molecule has 0 spiro atoms. The van der Waals surface area contributed by atoms with Gasteiger partial charge in [-0.05, 0) is 12.0 Å². The summed E-state index contributed by atoms with van der Waals surface area (Å²) in [4.78, 5) is 8.11. The van der Waals surface area contributed by atoms with Gasteiger partial charge < -0.3 is 0 Å². The van der Waals surface area contributed by atoms with Crippen LogP contribution in [0.25, 0.3) is 0 Å². The lowest BCUT2D eigenvalue weighted by Crippen LogP contribution is -1.91. The van der Waals surface area contributed by atoms with E-state index in [4.69, 9.17) is 0 Å². The average molecular weight is 154 g/mol. The Bertz CT molecular complexity index is 176. The summed E-state index contributed by atoms with van der Waals surface area (Å²) in [5.41, 5.74) is 1.08. The highest BCUT2D eigenvalue weighted by atomic mass is 32.2. The molecule has 1 aromatic heterocycles. The zero-order chi connectivity index (χ0) is 7.23. The Morgan fingerprint density at radius 3 is 3.00 bits per heavy atom. The summed E-state index contributed by atoms with van der Waals surface area (Å²) < 4.78 is 0. The number of aryl methyl sites for hydroxylation is 1. The molecule has 1 heterocycles. The topological polar surface area (TPSA) is 25.8 Å². The van der Waals surface area contributed by atoms with Gasteiger partial charge in [-0.2, -0.15) is 11.8 Å². The van der Waals surface area contributed by atoms with Crippen LogP contribution in [0.1, 0.15) is 5.69 Å². The van der Waals surface area contributed by atoms with Gasteiger partial charge >= 0.3 is 0 Å². The largest absolute Gasteiger partial charge is 0.261 e. The van der Waals surface area contributed by atoms with Crippen molar-refractivity contribution in [2.24, 2.45) is 0 Å². The number of hydrogen-bond acceptors (Lipinski definition) is 3. The Morgan fingerprint density at radius 1 is 1.50 bits per heavy atom. The molecule has 3 heteroatoms. The van der Waals surface area contributed by atoms with E-state index in [0.717, 1.165) is 17.9 Å². The third kappa shape index (κ3) is 2.35. The normalized spacial score (nSPS) is 9.70. The molecule has 0 amide bonds. The number of hydrogen-bond donors (Lipinski definition) is 0. The third-order valence-electron chi connectivity index (χ3n) is 1.18. The Kier molecular flexibility index (Phi) is 3.22. The average Bonchev–Trinajstić information content (AvgIpc) is 2.03. The minimum Gasteiger partial charge on any atom is -0.261 e. The van der Waals surface area contributed by atoms with E-state index in [9.17, 15) is 0 Å². The molecule has 2 nitrogen and oxygen atoms in total. The maximum absolute atomic E-state index is 4.14. The van der Waals surface area contributed by atoms with Crippen molar-refractivity contribution in [2.75, 3.05) is 12.0 Å². The molecule has 0 radical (unpaired) electrons. The number of thioether (sulfide) groups is 1. The van der Waals surface area contributed by atoms with Crippen LogP contribution in [0.4, 0.5) is 0 Å². The molecular weight excluding hydrogens is 144 g/mol. The van der Waals surface area contributed by atoms with Crippen molar-refractivity contribution < 1.29 is 0 Å². The van der Waals surface area contributed by atoms with Gasteiger partial charge in [-0.3, -0.25) is 9.97 Å². The molecule has 0 aliphatic heterocycles. The van der Waals surface area contributed by atoms with E-state index in [1.807, 2.05) is 18.0 Å². The van der Waals surface area contributed by atoms with E-state index < -0.39 is 0 Å². The van der Waals surface area contributed by atoms with Crippen molar-refractivity contribution in [3.05, 3.63) is 24.3 Å². The number of nitrogens with zero attached hydrogens (tertiary/aromatic N) is 2. The van der Waals surface area contributed by atoms with Crippen molar-refractivity contribution in [3.8, 4) is 0 Å². The maximum atomic E-state index is 4.14. The van der Waals surface area contributed by atoms with Crippen LogP contribution in [0, 0.1) is 0 Å². The van der Waals surface area contributed by atoms with Gasteiger partial charge in [-0.15, -0.1) is 0 Å². The van der Waals surface area contributed by atoms with E-state index in [1.54, 1.807) is 12.4 Å². The summed E-state index contributed by atoms with van der Waals surface area (Å²) in [6.07, 6.45) is 8.36. The van der Waals surface area contributed by atoms with Crippen LogP contribution in [0.2, 0.25) is 0 Å². The Morgan fingerprint density at radius 2 is 2.40 bits per heavy atom. The molecule has 0 unspecified atom stereocenters. The second-order valence-electron chi connectivity index (χ2n) is 1.94. The van der Waals surface area contributed by atoms with Gasteiger partial charge in [0.25, 0.3) is 0 Å². The zero-order valence-electron chi connectivity index (χ0n) is 5.95. The van der Waals surface area contributed by atoms with Gasteiger partial charge in [0.1, 0.15) is 0 Å². The van der Waals surface area contributed by atoms with E-state index >= 15 is 0 Å². The van der Waals surface area contributed by atoms with Crippen molar-refractivity contribution in [1.29, 1.82) is 0 Å². The molecule has 10 heavy (non-hydrogen) atoms. The highest BCUT2D eigenvalue weighted by molar-refractivity contribution is 7.98. The molecule has 0 aromatic carbocycles. The smallest absolute Gasteiger partial charge is 0.0594 e. The molecular formula is C7H10N2S. The first-order valence-electron chi connectivity index (χ1n) is 3.17. The minimum absolute atomic E-state index is 1.02. The van der Waals surface area contributed by atoms with Crippen molar-refractivity contribution >= 4 is 11.8 Å². The molecule has 0 N–H and O–H groups in total. The lowest BCUT2D eigenvalue weighted by molar-refractivity contribution is 1.01. The Labute approximate surface area is 65.1 Å². The molecule has 54 valence electrons. The fraction of sp³-hybridized carbons (Fsp3) is 0.429. The third-order valence-corrected chi connectivity index (χ3v) is 1.79. The number of aromatic nitrogens is 2. The lowest BCUT2D eigenvalue weighted by Gasteiger charge is -1.94. The predicted molar refractivity (Wildman–Crippen MR) is 44.1 cm³/mol. The Balaban J connectivity index is 2.43. The van der Waals surface area contributed by atoms with Crippen LogP contribution < -0.4 is 0 Å². The maximum Gasteiger partial charge on any atom is 0.0594 e. The van der Waals surface area contributed by atoms with Crippen LogP contribution >= 0.6 is 11.8 Å². The predicted octanol–water partition coefficient (Wildman–Crippen LogP) is 1.38. The molecule has 0 saturated carbocycles. The van der Waals surface area contributed by atoms with Crippen molar-refractivity contribution in [3.63, 3.8) is 0 Å². The first-order chi connectivity index (χ1) is 4.93. The van der Waals surface area contributed by atoms with Gasteiger partial charge in [0.05, 0.1) is 5.69 Å². The van der Waals surface area contributed by atoms with Crippen LogP contribution in [-0.2, 0) is 6.42 Å². The molecule has 0 aliphatic carbocycles. The fourth-order valence-electron chi connectivity index (χ4n) is 0.666. The van der Waals surface area contributed by atoms with E-state index in [2.05, 4.69) is 16.2 Å². The number of rotatable bonds is 3. The second-order valence-corrected chi connectivity index (χ2v) is 2.93. The highest BCUT2D eigenvalue weighted by Gasteiger charge is 1.90. The summed E-state index contributed by atoms with van der Waals surface area (Å²) in [5, 5.41) is 0. The van der Waals surface area contributed by atoms with Crippen molar-refractivity contribution in [2.45, 2.75) is 6.42 Å². The quantitative estimate of drug-likeness (QED) is 0.658. The van der Waals surface area contributed by atoms with Crippen LogP contribution in [0.15, 0.2) is 18.6 Å². The van der Waals surface area contributed by atoms with Crippen LogP contribution in [-0.4, -0.2) is 22.0 Å². The van der Waals surface area contributed by atoms with E-state index in [0.29, 0.717) is 0 Å². The molecule has 0 aliphatic rings.